The van der Waals surface area contributed by atoms with Gasteiger partial charge >= 0.3 is 0 Å². The van der Waals surface area contributed by atoms with Gasteiger partial charge in [0.15, 0.2) is 0 Å². The number of nitrogens with two attached hydrogens (primary N) is 1. The maximum Gasteiger partial charge on any atom is 0.240 e. The van der Waals surface area contributed by atoms with Crippen LogP contribution in [-0.4, -0.2) is 25.7 Å². The van der Waals surface area contributed by atoms with Crippen molar-refractivity contribution in [1.82, 2.24) is 0 Å². The lowest BCUT2D eigenvalue weighted by molar-refractivity contribution is -0.117. The number of nitrogens with one attached hydrogen (secondary N) is 2. The molecule has 152 valence electrons. The second kappa shape index (κ2) is 7.34. The molecule has 2 aromatic carbocycles. The first-order valence-corrected chi connectivity index (χ1v) is 13.2. The second-order valence-corrected chi connectivity index (χ2v) is 12.9. The van der Waals surface area contributed by atoms with Crippen LogP contribution in [0.25, 0.3) is 5.57 Å². The largest absolute Gasteiger partial charge is 0.325 e. The smallest absolute Gasteiger partial charge is 0.240 e. The summed E-state index contributed by atoms with van der Waals surface area (Å²) in [5.41, 5.74) is 13.1. The molecule has 2 aliphatic rings. The molecule has 1 aliphatic carbocycles. The number of amides is 1. The molecule has 5 heteroatoms. The van der Waals surface area contributed by atoms with Gasteiger partial charge in [-0.25, -0.2) is 0 Å². The van der Waals surface area contributed by atoms with Crippen molar-refractivity contribution >= 4 is 36.1 Å². The molecule has 0 aromatic heterocycles. The monoisotopic (exact) mass is 413 g/mol. The van der Waals surface area contributed by atoms with Gasteiger partial charge < -0.3 is 16.5 Å². The number of anilines is 1. The van der Waals surface area contributed by atoms with E-state index in [2.05, 4.69) is 67.8 Å². The SMILES string of the molecule is Cc1ccccc1C1=C2C=CC(=N)C=C2[Si](C)(C)c2cc(NC(=O)[C@H](C)N)ccc21. The Labute approximate surface area is 178 Å². The van der Waals surface area contributed by atoms with Gasteiger partial charge in [0.1, 0.15) is 8.07 Å². The zero-order chi connectivity index (χ0) is 21.6. The van der Waals surface area contributed by atoms with Gasteiger partial charge in [-0.3, -0.25) is 4.79 Å². The van der Waals surface area contributed by atoms with Gasteiger partial charge in [-0.1, -0.05) is 49.5 Å². The molecule has 4 nitrogen and oxygen atoms in total. The maximum absolute atomic E-state index is 12.2. The Balaban J connectivity index is 1.99. The van der Waals surface area contributed by atoms with Crippen molar-refractivity contribution in [3.63, 3.8) is 0 Å². The lowest BCUT2D eigenvalue weighted by Crippen LogP contribution is -2.49. The zero-order valence-electron chi connectivity index (χ0n) is 17.8. The molecule has 0 saturated heterocycles. The number of benzene rings is 2. The van der Waals surface area contributed by atoms with E-state index < -0.39 is 14.1 Å². The van der Waals surface area contributed by atoms with E-state index in [9.17, 15) is 4.79 Å². The highest BCUT2D eigenvalue weighted by atomic mass is 28.3. The molecule has 0 radical (unpaired) electrons. The summed E-state index contributed by atoms with van der Waals surface area (Å²) in [4.78, 5) is 12.2. The van der Waals surface area contributed by atoms with Crippen LogP contribution in [0.5, 0.6) is 0 Å². The number of hydrogen-bond acceptors (Lipinski definition) is 3. The van der Waals surface area contributed by atoms with Crippen molar-refractivity contribution in [3.05, 3.63) is 88.2 Å². The fraction of sp³-hybridized carbons (Fsp3) is 0.200. The van der Waals surface area contributed by atoms with E-state index in [0.717, 1.165) is 5.69 Å². The summed E-state index contributed by atoms with van der Waals surface area (Å²) in [6, 6.07) is 14.1. The number of carbonyl (C=O) groups excluding carboxylic acids is 1. The van der Waals surface area contributed by atoms with Gasteiger partial charge in [0.25, 0.3) is 0 Å². The van der Waals surface area contributed by atoms with E-state index in [0.29, 0.717) is 5.71 Å². The molecule has 4 rings (SSSR count). The highest BCUT2D eigenvalue weighted by Gasteiger charge is 2.39. The number of hydrogen-bond donors (Lipinski definition) is 3. The van der Waals surface area contributed by atoms with Crippen LogP contribution < -0.4 is 16.2 Å². The third kappa shape index (κ3) is 3.30. The fourth-order valence-corrected chi connectivity index (χ4v) is 7.41. The Bertz CT molecular complexity index is 1170. The zero-order valence-corrected chi connectivity index (χ0v) is 18.8. The summed E-state index contributed by atoms with van der Waals surface area (Å²) < 4.78 is 0. The van der Waals surface area contributed by atoms with E-state index in [-0.39, 0.29) is 5.91 Å². The van der Waals surface area contributed by atoms with Gasteiger partial charge in [0.2, 0.25) is 5.91 Å². The van der Waals surface area contributed by atoms with Gasteiger partial charge in [-0.05, 0) is 76.4 Å². The molecule has 1 heterocycles. The Morgan fingerprint density at radius 2 is 1.83 bits per heavy atom. The average Bonchev–Trinajstić information content (AvgIpc) is 2.70. The normalized spacial score (nSPS) is 17.8. The van der Waals surface area contributed by atoms with Crippen molar-refractivity contribution in [2.24, 2.45) is 5.73 Å². The molecular formula is C25H27N3OSi. The average molecular weight is 414 g/mol. The molecule has 0 unspecified atom stereocenters. The van der Waals surface area contributed by atoms with Crippen LogP contribution in [-0.2, 0) is 4.79 Å². The number of aryl methyl sites for hydroxylation is 1. The van der Waals surface area contributed by atoms with Crippen LogP contribution in [0, 0.1) is 12.3 Å². The molecule has 0 saturated carbocycles. The van der Waals surface area contributed by atoms with E-state index in [1.165, 1.54) is 38.2 Å². The van der Waals surface area contributed by atoms with Crippen molar-refractivity contribution in [1.29, 1.82) is 5.41 Å². The summed E-state index contributed by atoms with van der Waals surface area (Å²) in [6.45, 7) is 8.45. The Morgan fingerprint density at radius 3 is 2.53 bits per heavy atom. The van der Waals surface area contributed by atoms with E-state index in [1.54, 1.807) is 6.92 Å². The third-order valence-corrected chi connectivity index (χ3v) is 9.54. The van der Waals surface area contributed by atoms with Crippen LogP contribution in [0.2, 0.25) is 13.1 Å². The topological polar surface area (TPSA) is 79.0 Å². The first-order valence-electron chi connectivity index (χ1n) is 10.2. The Morgan fingerprint density at radius 1 is 1.10 bits per heavy atom. The van der Waals surface area contributed by atoms with Gasteiger partial charge in [0, 0.05) is 5.69 Å². The molecule has 0 bridgehead atoms. The van der Waals surface area contributed by atoms with E-state index in [1.807, 2.05) is 18.2 Å². The second-order valence-electron chi connectivity index (χ2n) is 8.61. The number of rotatable bonds is 3. The minimum Gasteiger partial charge on any atom is -0.325 e. The van der Waals surface area contributed by atoms with Crippen molar-refractivity contribution in [2.45, 2.75) is 33.0 Å². The number of carbonyl (C=O) groups is 1. The first kappa shape index (κ1) is 20.3. The first-order chi connectivity index (χ1) is 14.2. The lowest BCUT2D eigenvalue weighted by Gasteiger charge is -2.38. The minimum absolute atomic E-state index is 0.192. The maximum atomic E-state index is 12.2. The number of fused-ring (bicyclic) bond motifs is 2. The quantitative estimate of drug-likeness (QED) is 0.663. The number of allylic oxidation sites excluding steroid dienone is 5. The van der Waals surface area contributed by atoms with Crippen LogP contribution in [0.3, 0.4) is 0 Å². The molecular weight excluding hydrogens is 386 g/mol. The standard InChI is InChI=1S/C25H27N3OSi/c1-15-7-5-6-8-19(15)24-20-11-9-17(27)13-22(20)30(3,4)23-14-18(10-12-21(23)24)28-25(29)16(2)26/h5-14,16,27H,26H2,1-4H3,(H,28,29)/t16-/m0/s1. The van der Waals surface area contributed by atoms with Gasteiger partial charge in [-0.2, -0.15) is 0 Å². The molecule has 0 spiro atoms. The van der Waals surface area contributed by atoms with Gasteiger partial charge in [-0.15, -0.1) is 0 Å². The highest BCUT2D eigenvalue weighted by molar-refractivity contribution is 6.98. The molecule has 0 fully saturated rings. The summed E-state index contributed by atoms with van der Waals surface area (Å²) in [5.74, 6) is -0.192. The van der Waals surface area contributed by atoms with E-state index >= 15 is 0 Å². The summed E-state index contributed by atoms with van der Waals surface area (Å²) in [6.07, 6.45) is 6.00. The van der Waals surface area contributed by atoms with Crippen LogP contribution in [0.4, 0.5) is 5.69 Å². The van der Waals surface area contributed by atoms with Crippen molar-refractivity contribution in [2.75, 3.05) is 5.32 Å². The minimum atomic E-state index is -2.09. The molecule has 30 heavy (non-hydrogen) atoms. The summed E-state index contributed by atoms with van der Waals surface area (Å²) in [7, 11) is -2.09. The summed E-state index contributed by atoms with van der Waals surface area (Å²) in [5, 5.41) is 13.7. The third-order valence-electron chi connectivity index (χ3n) is 6.02. The van der Waals surface area contributed by atoms with Crippen LogP contribution in [0.15, 0.2) is 71.5 Å². The van der Waals surface area contributed by atoms with Crippen LogP contribution >= 0.6 is 0 Å². The molecule has 1 aliphatic heterocycles. The highest BCUT2D eigenvalue weighted by Crippen LogP contribution is 2.42. The van der Waals surface area contributed by atoms with Gasteiger partial charge in [0.05, 0.1) is 11.8 Å². The molecule has 4 N–H and O–H groups in total. The van der Waals surface area contributed by atoms with Crippen molar-refractivity contribution in [3.8, 4) is 0 Å². The molecule has 1 amide bonds. The summed E-state index contributed by atoms with van der Waals surface area (Å²) >= 11 is 0. The van der Waals surface area contributed by atoms with E-state index in [4.69, 9.17) is 11.1 Å². The lowest BCUT2D eigenvalue weighted by atomic mass is 9.87. The predicted octanol–water partition coefficient (Wildman–Crippen LogP) is 4.07. The Kier molecular flexibility index (Phi) is 4.96. The Hall–Kier alpha value is -3.02. The molecule has 2 aromatic rings. The predicted molar refractivity (Wildman–Crippen MR) is 128 cm³/mol. The van der Waals surface area contributed by atoms with Crippen molar-refractivity contribution < 1.29 is 4.79 Å². The molecule has 1 atom stereocenters. The fourth-order valence-electron chi connectivity index (χ4n) is 4.33. The van der Waals surface area contributed by atoms with Crippen LogP contribution in [0.1, 0.15) is 23.6 Å².